The average molecular weight is 661 g/mol. The van der Waals surface area contributed by atoms with E-state index >= 15 is 0 Å². The zero-order chi connectivity index (χ0) is 34.6. The molecule has 2 heteroatoms. The molecule has 0 N–H and O–H groups in total. The van der Waals surface area contributed by atoms with E-state index in [1.54, 1.807) is 11.1 Å². The van der Waals surface area contributed by atoms with E-state index in [1.807, 2.05) is 0 Å². The number of fused-ring (bicyclic) bond motifs is 5. The number of carbonyl (C=O) groups is 1. The average Bonchev–Trinajstić information content (AvgIpc) is 3.42. The van der Waals surface area contributed by atoms with Crippen LogP contribution in [-0.2, 0) is 9.53 Å². The lowest BCUT2D eigenvalue weighted by Crippen LogP contribution is -2.46. The third-order valence-electron chi connectivity index (χ3n) is 13.9. The Balaban J connectivity index is 1.16. The Bertz CT molecular complexity index is 1110. The van der Waals surface area contributed by atoms with E-state index in [0.29, 0.717) is 35.5 Å². The molecule has 4 aliphatic rings. The van der Waals surface area contributed by atoms with E-state index in [4.69, 9.17) is 4.74 Å². The number of carbonyl (C=O) groups excluding carboxylic acids is 1. The van der Waals surface area contributed by atoms with Crippen molar-refractivity contribution in [3.63, 3.8) is 0 Å². The lowest BCUT2D eigenvalue weighted by molar-refractivity contribution is -0.151. The molecule has 0 aromatic rings. The van der Waals surface area contributed by atoms with Crippen LogP contribution < -0.4 is 0 Å². The molecule has 0 radical (unpaired) electrons. The predicted molar refractivity (Wildman–Crippen MR) is 207 cm³/mol. The maximum atomic E-state index is 12.8. The first kappa shape index (κ1) is 39.2. The van der Waals surface area contributed by atoms with E-state index in [0.717, 1.165) is 43.9 Å². The van der Waals surface area contributed by atoms with Crippen molar-refractivity contribution in [3.8, 4) is 0 Å². The molecule has 272 valence electrons. The molecule has 4 aliphatic carbocycles. The highest BCUT2D eigenvalue weighted by Gasteiger charge is 2.57. The van der Waals surface area contributed by atoms with Gasteiger partial charge < -0.3 is 4.74 Å². The number of unbranched alkanes of at least 4 members (excludes halogenated alkanes) is 11. The van der Waals surface area contributed by atoms with Gasteiger partial charge in [-0.05, 0) is 117 Å². The van der Waals surface area contributed by atoms with Gasteiger partial charge in [0.1, 0.15) is 6.10 Å². The van der Waals surface area contributed by atoms with Crippen LogP contribution in [0.5, 0.6) is 0 Å². The van der Waals surface area contributed by atoms with Crippen LogP contribution in [0.25, 0.3) is 0 Å². The van der Waals surface area contributed by atoms with Gasteiger partial charge in [0.2, 0.25) is 0 Å². The number of ether oxygens (including phenoxy) is 1. The largest absolute Gasteiger partial charge is 0.462 e. The molecule has 0 amide bonds. The van der Waals surface area contributed by atoms with Crippen molar-refractivity contribution < 1.29 is 9.53 Å². The summed E-state index contributed by atoms with van der Waals surface area (Å²) in [6.45, 7) is 17.0. The molecule has 0 aliphatic heterocycles. The molecule has 0 heterocycles. The molecule has 3 fully saturated rings. The van der Waals surface area contributed by atoms with Gasteiger partial charge in [0.25, 0.3) is 0 Å². The maximum Gasteiger partial charge on any atom is 0.306 e. The Labute approximate surface area is 298 Å². The Hall–Kier alpha value is -1.57. The molecular weight excluding hydrogens is 585 g/mol. The Morgan fingerprint density at radius 3 is 2.15 bits per heavy atom. The van der Waals surface area contributed by atoms with Gasteiger partial charge in [0, 0.05) is 12.8 Å². The van der Waals surface area contributed by atoms with Gasteiger partial charge in [-0.1, -0.05) is 147 Å². The SMILES string of the molecule is CCCCCCCCC=CCCCCCCCC(=O)O[C@H]1CC[C@]2(C)C(=CC=C3[C@H]2CC[C@]2(C)[C@@H]([C@H](C)C=C[C@H](C)C(C)C)CC[C@@H]32)C1. The van der Waals surface area contributed by atoms with Gasteiger partial charge in [-0.3, -0.25) is 4.79 Å². The summed E-state index contributed by atoms with van der Waals surface area (Å²) in [5, 5.41) is 0. The second-order valence-electron chi connectivity index (χ2n) is 17.6. The zero-order valence-corrected chi connectivity index (χ0v) is 32.7. The van der Waals surface area contributed by atoms with Gasteiger partial charge in [-0.2, -0.15) is 0 Å². The minimum Gasteiger partial charge on any atom is -0.462 e. The molecule has 8 atom stereocenters. The highest BCUT2D eigenvalue weighted by atomic mass is 16.5. The first-order valence-corrected chi connectivity index (χ1v) is 21.0. The number of allylic oxidation sites excluding steroid dienone is 7. The summed E-state index contributed by atoms with van der Waals surface area (Å²) in [7, 11) is 0. The van der Waals surface area contributed by atoms with Crippen molar-refractivity contribution in [1.82, 2.24) is 0 Å². The summed E-state index contributed by atoms with van der Waals surface area (Å²) < 4.78 is 6.10. The number of hydrogen-bond acceptors (Lipinski definition) is 2. The van der Waals surface area contributed by atoms with Crippen molar-refractivity contribution in [2.24, 2.45) is 46.3 Å². The molecular formula is C46H76O2. The second-order valence-corrected chi connectivity index (χ2v) is 17.6. The Morgan fingerprint density at radius 2 is 1.46 bits per heavy atom. The van der Waals surface area contributed by atoms with Crippen molar-refractivity contribution in [1.29, 1.82) is 0 Å². The molecule has 0 bridgehead atoms. The van der Waals surface area contributed by atoms with Crippen molar-refractivity contribution in [3.05, 3.63) is 47.6 Å². The van der Waals surface area contributed by atoms with Crippen LogP contribution in [0.3, 0.4) is 0 Å². The molecule has 3 saturated carbocycles. The van der Waals surface area contributed by atoms with Crippen LogP contribution in [0.4, 0.5) is 0 Å². The van der Waals surface area contributed by atoms with Gasteiger partial charge in [-0.15, -0.1) is 0 Å². The molecule has 0 saturated heterocycles. The van der Waals surface area contributed by atoms with Crippen molar-refractivity contribution >= 4 is 5.97 Å². The highest BCUT2D eigenvalue weighted by molar-refractivity contribution is 5.69. The van der Waals surface area contributed by atoms with E-state index in [2.05, 4.69) is 84.9 Å². The van der Waals surface area contributed by atoms with Gasteiger partial charge in [0.15, 0.2) is 0 Å². The highest BCUT2D eigenvalue weighted by Crippen LogP contribution is 2.66. The van der Waals surface area contributed by atoms with Crippen LogP contribution in [0.2, 0.25) is 0 Å². The lowest BCUT2D eigenvalue weighted by Gasteiger charge is -2.55. The van der Waals surface area contributed by atoms with Crippen molar-refractivity contribution in [2.45, 2.75) is 189 Å². The quantitative estimate of drug-likeness (QED) is 0.0738. The predicted octanol–water partition coefficient (Wildman–Crippen LogP) is 13.9. The topological polar surface area (TPSA) is 26.3 Å². The summed E-state index contributed by atoms with van der Waals surface area (Å²) >= 11 is 0. The van der Waals surface area contributed by atoms with Gasteiger partial charge in [-0.25, -0.2) is 0 Å². The Morgan fingerprint density at radius 1 is 0.792 bits per heavy atom. The minimum atomic E-state index is 0.0326. The van der Waals surface area contributed by atoms with Crippen LogP contribution in [-0.4, -0.2) is 12.1 Å². The zero-order valence-electron chi connectivity index (χ0n) is 32.7. The van der Waals surface area contributed by atoms with Gasteiger partial charge in [0.05, 0.1) is 0 Å². The van der Waals surface area contributed by atoms with Crippen LogP contribution >= 0.6 is 0 Å². The molecule has 48 heavy (non-hydrogen) atoms. The number of rotatable bonds is 20. The van der Waals surface area contributed by atoms with Crippen LogP contribution in [0.1, 0.15) is 183 Å². The summed E-state index contributed by atoms with van der Waals surface area (Å²) in [6.07, 6.45) is 40.7. The molecule has 0 aromatic heterocycles. The molecule has 2 nitrogen and oxygen atoms in total. The fourth-order valence-electron chi connectivity index (χ4n) is 10.3. The van der Waals surface area contributed by atoms with E-state index in [1.165, 1.54) is 96.3 Å². The third-order valence-corrected chi connectivity index (χ3v) is 13.9. The maximum absolute atomic E-state index is 12.8. The number of hydrogen-bond donors (Lipinski definition) is 0. The van der Waals surface area contributed by atoms with Crippen molar-refractivity contribution in [2.75, 3.05) is 0 Å². The van der Waals surface area contributed by atoms with E-state index < -0.39 is 0 Å². The second kappa shape index (κ2) is 19.2. The normalized spacial score (nSPS) is 31.3. The Kier molecular flexibility index (Phi) is 15.6. The van der Waals surface area contributed by atoms with E-state index in [-0.39, 0.29) is 17.5 Å². The molecule has 4 rings (SSSR count). The van der Waals surface area contributed by atoms with Crippen LogP contribution in [0, 0.1) is 46.3 Å². The monoisotopic (exact) mass is 661 g/mol. The van der Waals surface area contributed by atoms with E-state index in [9.17, 15) is 4.79 Å². The van der Waals surface area contributed by atoms with Crippen LogP contribution in [0.15, 0.2) is 47.6 Å². The molecule has 0 spiro atoms. The smallest absolute Gasteiger partial charge is 0.306 e. The summed E-state index contributed by atoms with van der Waals surface area (Å²) in [5.41, 5.74) is 3.99. The van der Waals surface area contributed by atoms with Gasteiger partial charge >= 0.3 is 5.97 Å². The summed E-state index contributed by atoms with van der Waals surface area (Å²) in [5.74, 6) is 4.24. The first-order chi connectivity index (χ1) is 23.1. The first-order valence-electron chi connectivity index (χ1n) is 21.0. The number of esters is 1. The standard InChI is InChI=1S/C46H76O2/c1-8-9-10-11-12-13-14-15-16-17-18-19-20-21-22-23-44(47)48-39-30-32-45(6)38(34-39)26-27-40-42-29-28-41(46(42,7)33-31-43(40)45)37(5)25-24-36(4)35(2)3/h15-16,24-27,35-37,39,41-43H,8-14,17-23,28-34H2,1-7H3/t36-,37+,39-,41+,42-,43+,45+,46+/m0/s1. The fraction of sp³-hybridized carbons (Fsp3) is 0.804. The summed E-state index contributed by atoms with van der Waals surface area (Å²) in [4.78, 5) is 12.8. The lowest BCUT2D eigenvalue weighted by atomic mass is 9.50. The molecule has 0 unspecified atom stereocenters. The fourth-order valence-corrected chi connectivity index (χ4v) is 10.3. The minimum absolute atomic E-state index is 0.0326. The molecule has 0 aromatic carbocycles. The summed E-state index contributed by atoms with van der Waals surface area (Å²) in [6, 6.07) is 0. The third kappa shape index (κ3) is 10.2.